The zero-order valence-corrected chi connectivity index (χ0v) is 15.8. The summed E-state index contributed by atoms with van der Waals surface area (Å²) in [5, 5.41) is 4.65. The van der Waals surface area contributed by atoms with Crippen molar-refractivity contribution in [2.75, 3.05) is 32.8 Å². The van der Waals surface area contributed by atoms with Gasteiger partial charge in [-0.2, -0.15) is 22.1 Å². The van der Waals surface area contributed by atoms with Crippen molar-refractivity contribution in [2.24, 2.45) is 5.92 Å². The lowest BCUT2D eigenvalue weighted by Gasteiger charge is -2.39. The molecule has 2 aliphatic heterocycles. The molecule has 0 unspecified atom stereocenters. The number of hydrogen-bond donors (Lipinski definition) is 0. The summed E-state index contributed by atoms with van der Waals surface area (Å²) >= 11 is 0. The highest BCUT2D eigenvalue weighted by Gasteiger charge is 2.42. The molecule has 9 heteroatoms. The van der Waals surface area contributed by atoms with Gasteiger partial charge in [0.2, 0.25) is 0 Å². The van der Waals surface area contributed by atoms with Gasteiger partial charge in [0.25, 0.3) is 10.2 Å². The van der Waals surface area contributed by atoms with Gasteiger partial charge in [0, 0.05) is 25.6 Å². The number of fused-ring (bicyclic) bond motifs is 1. The number of aromatic nitrogens is 3. The zero-order valence-electron chi connectivity index (χ0n) is 15.0. The number of rotatable bonds is 5. The molecule has 0 spiro atoms. The van der Waals surface area contributed by atoms with Crippen molar-refractivity contribution in [2.45, 2.75) is 51.6 Å². The molecule has 0 aromatic carbocycles. The van der Waals surface area contributed by atoms with Crippen LogP contribution >= 0.6 is 0 Å². The number of ether oxygens (including phenoxy) is 1. The highest BCUT2D eigenvalue weighted by molar-refractivity contribution is 7.86. The minimum absolute atomic E-state index is 0.235. The van der Waals surface area contributed by atoms with Crippen LogP contribution in [0.2, 0.25) is 0 Å². The van der Waals surface area contributed by atoms with E-state index in [-0.39, 0.29) is 6.04 Å². The fraction of sp³-hybridized carbons (Fsp3) is 0.875. The lowest BCUT2D eigenvalue weighted by atomic mass is 10.0. The summed E-state index contributed by atoms with van der Waals surface area (Å²) < 4.78 is 36.9. The van der Waals surface area contributed by atoms with E-state index in [1.165, 1.54) is 0 Å². The molecule has 1 saturated carbocycles. The molecule has 2 fully saturated rings. The van der Waals surface area contributed by atoms with Crippen LogP contribution < -0.4 is 0 Å². The van der Waals surface area contributed by atoms with Crippen molar-refractivity contribution in [3.05, 3.63) is 11.6 Å². The molecule has 0 bridgehead atoms. The lowest BCUT2D eigenvalue weighted by molar-refractivity contribution is 0.0676. The van der Waals surface area contributed by atoms with E-state index in [9.17, 15) is 8.42 Å². The summed E-state index contributed by atoms with van der Waals surface area (Å²) in [6, 6.07) is -0.235. The Morgan fingerprint density at radius 3 is 2.52 bits per heavy atom. The maximum absolute atomic E-state index is 13.2. The molecule has 0 radical (unpaired) electrons. The Kier molecular flexibility index (Phi) is 4.59. The number of morpholine rings is 1. The van der Waals surface area contributed by atoms with E-state index in [1.54, 1.807) is 8.61 Å². The lowest BCUT2D eigenvalue weighted by Crippen LogP contribution is -2.52. The van der Waals surface area contributed by atoms with Crippen LogP contribution in [-0.2, 0) is 21.5 Å². The fourth-order valence-electron chi connectivity index (χ4n) is 3.65. The van der Waals surface area contributed by atoms with E-state index in [2.05, 4.69) is 18.9 Å². The third-order valence-corrected chi connectivity index (χ3v) is 7.17. The maximum Gasteiger partial charge on any atom is 0.282 e. The molecule has 1 atom stereocenters. The highest BCUT2D eigenvalue weighted by atomic mass is 32.2. The van der Waals surface area contributed by atoms with E-state index >= 15 is 0 Å². The normalized spacial score (nSPS) is 26.1. The SMILES string of the molecule is CC(C)C[C@H]1c2nc(C3CC3)nn2CCN1S(=O)(=O)N1CCOCC1. The third kappa shape index (κ3) is 3.34. The Morgan fingerprint density at radius 1 is 1.16 bits per heavy atom. The summed E-state index contributed by atoms with van der Waals surface area (Å²) in [6.07, 6.45) is 3.05. The molecular weight excluding hydrogens is 342 g/mol. The van der Waals surface area contributed by atoms with E-state index in [0.717, 1.165) is 30.9 Å². The quantitative estimate of drug-likeness (QED) is 0.777. The van der Waals surface area contributed by atoms with Crippen LogP contribution in [0.4, 0.5) is 0 Å². The molecule has 140 valence electrons. The Labute approximate surface area is 149 Å². The molecule has 1 aromatic heterocycles. The van der Waals surface area contributed by atoms with E-state index < -0.39 is 10.2 Å². The Bertz CT molecular complexity index is 722. The van der Waals surface area contributed by atoms with Crippen molar-refractivity contribution in [1.82, 2.24) is 23.4 Å². The van der Waals surface area contributed by atoms with Crippen molar-refractivity contribution < 1.29 is 13.2 Å². The predicted molar refractivity (Wildman–Crippen MR) is 92.2 cm³/mol. The topological polar surface area (TPSA) is 80.6 Å². The minimum atomic E-state index is -3.51. The molecule has 1 aromatic rings. The summed E-state index contributed by atoms with van der Waals surface area (Å²) in [6.45, 7) is 7.05. The van der Waals surface area contributed by atoms with Gasteiger partial charge < -0.3 is 4.74 Å². The van der Waals surface area contributed by atoms with Crippen LogP contribution in [0.15, 0.2) is 0 Å². The zero-order chi connectivity index (χ0) is 17.6. The summed E-state index contributed by atoms with van der Waals surface area (Å²) in [5.41, 5.74) is 0. The van der Waals surface area contributed by atoms with Crippen LogP contribution in [-0.4, -0.2) is 64.6 Å². The average molecular weight is 369 g/mol. The van der Waals surface area contributed by atoms with Crippen molar-refractivity contribution in [3.63, 3.8) is 0 Å². The van der Waals surface area contributed by atoms with Crippen molar-refractivity contribution in [1.29, 1.82) is 0 Å². The smallest absolute Gasteiger partial charge is 0.282 e. The second-order valence-electron chi connectivity index (χ2n) is 7.60. The number of nitrogens with zero attached hydrogens (tertiary/aromatic N) is 5. The van der Waals surface area contributed by atoms with Gasteiger partial charge in [0.15, 0.2) is 5.82 Å². The first-order valence-corrected chi connectivity index (χ1v) is 10.7. The van der Waals surface area contributed by atoms with Gasteiger partial charge >= 0.3 is 0 Å². The first kappa shape index (κ1) is 17.4. The predicted octanol–water partition coefficient (Wildman–Crippen LogP) is 1.14. The first-order valence-electron chi connectivity index (χ1n) is 9.26. The molecular formula is C16H27N5O3S. The second kappa shape index (κ2) is 6.61. The van der Waals surface area contributed by atoms with Crippen LogP contribution in [0.5, 0.6) is 0 Å². The molecule has 1 saturated heterocycles. The maximum atomic E-state index is 13.2. The monoisotopic (exact) mass is 369 g/mol. The summed E-state index contributed by atoms with van der Waals surface area (Å²) in [5.74, 6) is 2.56. The molecule has 1 aliphatic carbocycles. The van der Waals surface area contributed by atoms with E-state index in [4.69, 9.17) is 9.72 Å². The Hall–Kier alpha value is -1.03. The Balaban J connectivity index is 1.66. The summed E-state index contributed by atoms with van der Waals surface area (Å²) in [7, 11) is -3.51. The molecule has 3 heterocycles. The molecule has 4 rings (SSSR count). The summed E-state index contributed by atoms with van der Waals surface area (Å²) in [4.78, 5) is 4.76. The second-order valence-corrected chi connectivity index (χ2v) is 9.48. The van der Waals surface area contributed by atoms with Gasteiger partial charge in [-0.3, -0.25) is 0 Å². The average Bonchev–Trinajstić information content (AvgIpc) is 3.34. The third-order valence-electron chi connectivity index (χ3n) is 5.12. The van der Waals surface area contributed by atoms with Crippen LogP contribution in [0, 0.1) is 5.92 Å². The number of hydrogen-bond acceptors (Lipinski definition) is 5. The standard InChI is InChI=1S/C16H27N5O3S/c1-12(2)11-14-16-17-15(13-3-4-13)18-20(16)5-6-21(14)25(22,23)19-7-9-24-10-8-19/h12-14H,3-11H2,1-2H3/t14-/m0/s1. The van der Waals surface area contributed by atoms with Gasteiger partial charge in [0.1, 0.15) is 5.82 Å². The van der Waals surface area contributed by atoms with Crippen LogP contribution in [0.25, 0.3) is 0 Å². The van der Waals surface area contributed by atoms with Gasteiger partial charge in [-0.15, -0.1) is 0 Å². The highest BCUT2D eigenvalue weighted by Crippen LogP contribution is 2.40. The van der Waals surface area contributed by atoms with Crippen LogP contribution in [0.3, 0.4) is 0 Å². The van der Waals surface area contributed by atoms with E-state index in [0.29, 0.717) is 51.2 Å². The molecule has 25 heavy (non-hydrogen) atoms. The van der Waals surface area contributed by atoms with Gasteiger partial charge in [-0.25, -0.2) is 9.67 Å². The van der Waals surface area contributed by atoms with Gasteiger partial charge in [0.05, 0.1) is 25.8 Å². The Morgan fingerprint density at radius 2 is 1.88 bits per heavy atom. The van der Waals surface area contributed by atoms with Crippen LogP contribution in [0.1, 0.15) is 56.7 Å². The van der Waals surface area contributed by atoms with Crippen molar-refractivity contribution >= 4 is 10.2 Å². The van der Waals surface area contributed by atoms with Crippen molar-refractivity contribution in [3.8, 4) is 0 Å². The molecule has 0 amide bonds. The molecule has 0 N–H and O–H groups in total. The first-order chi connectivity index (χ1) is 12.0. The van der Waals surface area contributed by atoms with Gasteiger partial charge in [-0.1, -0.05) is 13.8 Å². The van der Waals surface area contributed by atoms with E-state index in [1.807, 2.05) is 4.68 Å². The largest absolute Gasteiger partial charge is 0.379 e. The minimum Gasteiger partial charge on any atom is -0.379 e. The van der Waals surface area contributed by atoms with Gasteiger partial charge in [-0.05, 0) is 25.2 Å². The molecule has 8 nitrogen and oxygen atoms in total. The fourth-order valence-corrected chi connectivity index (χ4v) is 5.37. The molecule has 3 aliphatic rings.